The Hall–Kier alpha value is -3.17. The molecule has 4 rings (SSSR count). The predicted molar refractivity (Wildman–Crippen MR) is 171 cm³/mol. The monoisotopic (exact) mass is 644 g/mol. The molecule has 9 heteroatoms. The van der Waals surface area contributed by atoms with Crippen LogP contribution in [0, 0.1) is 17.8 Å². The summed E-state index contributed by atoms with van der Waals surface area (Å²) in [6.45, 7) is 5.74. The van der Waals surface area contributed by atoms with Gasteiger partial charge in [0.15, 0.2) is 0 Å². The molecule has 252 valence electrons. The van der Waals surface area contributed by atoms with E-state index in [2.05, 4.69) is 31.4 Å². The van der Waals surface area contributed by atoms with Crippen LogP contribution < -0.4 is 0 Å². The molecule has 46 heavy (non-hydrogen) atoms. The third-order valence-electron chi connectivity index (χ3n) is 10.0. The number of hydrogen-bond donors (Lipinski definition) is 2. The molecule has 2 aromatic rings. The van der Waals surface area contributed by atoms with Crippen LogP contribution in [0.15, 0.2) is 60.7 Å². The lowest BCUT2D eigenvalue weighted by atomic mass is 9.68. The first-order chi connectivity index (χ1) is 22.0. The van der Waals surface area contributed by atoms with E-state index in [4.69, 9.17) is 9.47 Å². The van der Waals surface area contributed by atoms with E-state index in [1.54, 1.807) is 0 Å². The summed E-state index contributed by atoms with van der Waals surface area (Å²) in [6.07, 6.45) is 5.34. The minimum absolute atomic E-state index is 0.0739. The Morgan fingerprint density at radius 3 is 1.85 bits per heavy atom. The summed E-state index contributed by atoms with van der Waals surface area (Å²) in [6, 6.07) is 12.4. The molecule has 2 N–H and O–H groups in total. The number of benzene rings is 2. The van der Waals surface area contributed by atoms with Gasteiger partial charge in [-0.25, -0.2) is 9.59 Å². The number of carbonyl (C=O) groups excluding carboxylic acids is 2. The molecule has 2 aromatic carbocycles. The number of esters is 2. The van der Waals surface area contributed by atoms with Crippen molar-refractivity contribution in [3.63, 3.8) is 0 Å². The fourth-order valence-electron chi connectivity index (χ4n) is 7.18. The lowest BCUT2D eigenvalue weighted by Gasteiger charge is -2.38. The van der Waals surface area contributed by atoms with Crippen LogP contribution in [0.4, 0.5) is 13.2 Å². The highest BCUT2D eigenvalue weighted by molar-refractivity contribution is 5.88. The van der Waals surface area contributed by atoms with E-state index in [1.165, 1.54) is 18.4 Å². The smallest absolute Gasteiger partial charge is 0.389 e. The number of carbonyl (C=O) groups is 2. The number of rotatable bonds is 14. The van der Waals surface area contributed by atoms with Crippen LogP contribution in [0.1, 0.15) is 93.6 Å². The van der Waals surface area contributed by atoms with Crippen LogP contribution in [-0.2, 0) is 19.1 Å². The highest BCUT2D eigenvalue weighted by atomic mass is 19.4. The molecule has 0 amide bonds. The normalized spacial score (nSPS) is 22.0. The maximum Gasteiger partial charge on any atom is 0.389 e. The molecule has 0 saturated heterocycles. The summed E-state index contributed by atoms with van der Waals surface area (Å²) in [5, 5.41) is 20.5. The second-order valence-electron chi connectivity index (χ2n) is 13.2. The molecule has 2 fully saturated rings. The van der Waals surface area contributed by atoms with Gasteiger partial charge >= 0.3 is 18.1 Å². The Morgan fingerprint density at radius 2 is 1.30 bits per heavy atom. The zero-order valence-corrected chi connectivity index (χ0v) is 26.5. The van der Waals surface area contributed by atoms with Gasteiger partial charge < -0.3 is 19.7 Å². The topological polar surface area (TPSA) is 93.1 Å². The van der Waals surface area contributed by atoms with Crippen molar-refractivity contribution in [1.82, 2.24) is 0 Å². The molecule has 0 bridgehead atoms. The first kappa shape index (κ1) is 35.7. The number of aliphatic hydroxyl groups excluding tert-OH is 2. The molecular formula is C37H47F3O6. The standard InChI is InChI=1S/C37H47F3O6/c1-24(20-41)35(43)45-22-34(23-46-36(44)25(2)21-42)33-16-15-31-18-30(13-14-32(31)19-33)29-11-9-28(10-12-29)27-7-5-26(6-8-27)4-3-17-37(38,39)40/h13-16,18-19,26-29,34,41-42H,1-12,17,20-23H2. The number of fused-ring (bicyclic) bond motifs is 1. The minimum Gasteiger partial charge on any atom is -0.461 e. The largest absolute Gasteiger partial charge is 0.461 e. The van der Waals surface area contributed by atoms with E-state index in [0.717, 1.165) is 54.9 Å². The van der Waals surface area contributed by atoms with E-state index >= 15 is 0 Å². The number of hydrogen-bond acceptors (Lipinski definition) is 6. The summed E-state index contributed by atoms with van der Waals surface area (Å²) in [5.41, 5.74) is 1.97. The zero-order chi connectivity index (χ0) is 33.3. The molecule has 0 aromatic heterocycles. The molecule has 2 aliphatic rings. The predicted octanol–water partition coefficient (Wildman–Crippen LogP) is 7.92. The van der Waals surface area contributed by atoms with Crippen LogP contribution in [0.2, 0.25) is 0 Å². The summed E-state index contributed by atoms with van der Waals surface area (Å²) in [5.74, 6) is 0.401. The van der Waals surface area contributed by atoms with Crippen molar-refractivity contribution in [3.05, 3.63) is 71.8 Å². The van der Waals surface area contributed by atoms with E-state index in [1.807, 2.05) is 18.2 Å². The Balaban J connectivity index is 1.33. The number of aliphatic hydroxyl groups is 2. The lowest BCUT2D eigenvalue weighted by molar-refractivity contribution is -0.143. The average molecular weight is 645 g/mol. The Morgan fingerprint density at radius 1 is 0.783 bits per heavy atom. The first-order valence-corrected chi connectivity index (χ1v) is 16.5. The van der Waals surface area contributed by atoms with Crippen molar-refractivity contribution in [2.24, 2.45) is 17.8 Å². The van der Waals surface area contributed by atoms with Gasteiger partial charge in [0.1, 0.15) is 13.2 Å². The second-order valence-corrected chi connectivity index (χ2v) is 13.2. The number of ether oxygens (including phenoxy) is 2. The number of alkyl halides is 3. The summed E-state index contributed by atoms with van der Waals surface area (Å²) < 4.78 is 48.2. The molecule has 0 radical (unpaired) electrons. The first-order valence-electron chi connectivity index (χ1n) is 16.5. The maximum absolute atomic E-state index is 12.5. The van der Waals surface area contributed by atoms with Gasteiger partial charge in [-0.1, -0.05) is 68.8 Å². The SMILES string of the molecule is C=C(CO)C(=O)OCC(COC(=O)C(=C)CO)c1ccc2cc(C3CCC(C4CCC(CCCC(F)(F)F)CC4)CC3)ccc2c1. The van der Waals surface area contributed by atoms with E-state index < -0.39 is 43.7 Å². The maximum atomic E-state index is 12.5. The Kier molecular flexibility index (Phi) is 12.9. The third-order valence-corrected chi connectivity index (χ3v) is 10.0. The molecule has 0 aliphatic heterocycles. The van der Waals surface area contributed by atoms with Gasteiger partial charge in [-0.15, -0.1) is 0 Å². The zero-order valence-electron chi connectivity index (χ0n) is 26.5. The molecule has 0 atom stereocenters. The van der Waals surface area contributed by atoms with Gasteiger partial charge in [0.25, 0.3) is 0 Å². The highest BCUT2D eigenvalue weighted by Crippen LogP contribution is 2.45. The lowest BCUT2D eigenvalue weighted by Crippen LogP contribution is -2.25. The molecule has 6 nitrogen and oxygen atoms in total. The Bertz CT molecular complexity index is 1320. The summed E-state index contributed by atoms with van der Waals surface area (Å²) in [4.78, 5) is 24.2. The van der Waals surface area contributed by atoms with Crippen LogP contribution >= 0.6 is 0 Å². The van der Waals surface area contributed by atoms with Gasteiger partial charge in [0.2, 0.25) is 0 Å². The van der Waals surface area contributed by atoms with Gasteiger partial charge in [0.05, 0.1) is 30.3 Å². The molecule has 0 unspecified atom stereocenters. The van der Waals surface area contributed by atoms with Crippen LogP contribution in [0.5, 0.6) is 0 Å². The van der Waals surface area contributed by atoms with Gasteiger partial charge in [-0.2, -0.15) is 13.2 Å². The quantitative estimate of drug-likeness (QED) is 0.160. The van der Waals surface area contributed by atoms with E-state index in [9.17, 15) is 33.0 Å². The van der Waals surface area contributed by atoms with Crippen molar-refractivity contribution >= 4 is 22.7 Å². The molecular weight excluding hydrogens is 597 g/mol. The van der Waals surface area contributed by atoms with E-state index in [0.29, 0.717) is 30.1 Å². The van der Waals surface area contributed by atoms with E-state index in [-0.39, 0.29) is 30.8 Å². The number of halogens is 3. The molecule has 2 saturated carbocycles. The van der Waals surface area contributed by atoms with Gasteiger partial charge in [-0.05, 0) is 90.5 Å². The van der Waals surface area contributed by atoms with Gasteiger partial charge in [0, 0.05) is 6.42 Å². The van der Waals surface area contributed by atoms with Crippen molar-refractivity contribution in [3.8, 4) is 0 Å². The molecule has 2 aliphatic carbocycles. The average Bonchev–Trinajstić information content (AvgIpc) is 3.06. The summed E-state index contributed by atoms with van der Waals surface area (Å²) in [7, 11) is 0. The second kappa shape index (κ2) is 16.6. The molecule has 0 heterocycles. The third kappa shape index (κ3) is 10.2. The van der Waals surface area contributed by atoms with Gasteiger partial charge in [-0.3, -0.25) is 0 Å². The van der Waals surface area contributed by atoms with Crippen molar-refractivity contribution in [2.75, 3.05) is 26.4 Å². The fourth-order valence-corrected chi connectivity index (χ4v) is 7.18. The van der Waals surface area contributed by atoms with Crippen LogP contribution in [0.25, 0.3) is 10.8 Å². The Labute approximate surface area is 269 Å². The minimum atomic E-state index is -4.04. The summed E-state index contributed by atoms with van der Waals surface area (Å²) >= 11 is 0. The van der Waals surface area contributed by atoms with Crippen molar-refractivity contribution in [2.45, 2.75) is 88.6 Å². The van der Waals surface area contributed by atoms with Crippen molar-refractivity contribution < 1.29 is 42.4 Å². The van der Waals surface area contributed by atoms with Crippen molar-refractivity contribution in [1.29, 1.82) is 0 Å². The highest BCUT2D eigenvalue weighted by Gasteiger charge is 2.32. The molecule has 0 spiro atoms. The van der Waals surface area contributed by atoms with Crippen LogP contribution in [0.3, 0.4) is 0 Å². The fraction of sp³-hybridized carbons (Fsp3) is 0.568. The van der Waals surface area contributed by atoms with Crippen LogP contribution in [-0.4, -0.2) is 54.8 Å².